The SMILES string of the molecule is CCCCNc1nccn1-c1ccc(OC)c(Cl)c1. The Hall–Kier alpha value is -1.68. The van der Waals surface area contributed by atoms with Gasteiger partial charge in [-0.05, 0) is 24.6 Å². The van der Waals surface area contributed by atoms with Gasteiger partial charge in [-0.1, -0.05) is 24.9 Å². The van der Waals surface area contributed by atoms with Gasteiger partial charge in [-0.25, -0.2) is 4.98 Å². The predicted octanol–water partition coefficient (Wildman–Crippen LogP) is 3.75. The predicted molar refractivity (Wildman–Crippen MR) is 78.5 cm³/mol. The van der Waals surface area contributed by atoms with Crippen molar-refractivity contribution in [1.82, 2.24) is 9.55 Å². The van der Waals surface area contributed by atoms with Gasteiger partial charge in [0.1, 0.15) is 5.75 Å². The molecular formula is C14H18ClN3O. The van der Waals surface area contributed by atoms with E-state index >= 15 is 0 Å². The van der Waals surface area contributed by atoms with E-state index in [1.54, 1.807) is 13.3 Å². The number of methoxy groups -OCH3 is 1. The van der Waals surface area contributed by atoms with Crippen molar-refractivity contribution in [2.24, 2.45) is 0 Å². The Morgan fingerprint density at radius 2 is 2.26 bits per heavy atom. The molecule has 0 saturated heterocycles. The highest BCUT2D eigenvalue weighted by molar-refractivity contribution is 6.32. The number of benzene rings is 1. The topological polar surface area (TPSA) is 39.1 Å². The Morgan fingerprint density at radius 3 is 2.95 bits per heavy atom. The second-order valence-corrected chi connectivity index (χ2v) is 4.63. The number of unbranched alkanes of at least 4 members (excludes halogenated alkanes) is 1. The highest BCUT2D eigenvalue weighted by Crippen LogP contribution is 2.27. The largest absolute Gasteiger partial charge is 0.495 e. The van der Waals surface area contributed by atoms with Crippen molar-refractivity contribution in [2.45, 2.75) is 19.8 Å². The van der Waals surface area contributed by atoms with E-state index in [2.05, 4.69) is 17.2 Å². The molecule has 0 bridgehead atoms. The first-order valence-electron chi connectivity index (χ1n) is 6.37. The molecule has 1 aromatic carbocycles. The Bertz CT molecular complexity index is 539. The quantitative estimate of drug-likeness (QED) is 0.819. The highest BCUT2D eigenvalue weighted by Gasteiger charge is 2.07. The fourth-order valence-electron chi connectivity index (χ4n) is 1.82. The van der Waals surface area contributed by atoms with E-state index in [0.29, 0.717) is 10.8 Å². The zero-order valence-electron chi connectivity index (χ0n) is 11.2. The molecule has 0 fully saturated rings. The fraction of sp³-hybridized carbons (Fsp3) is 0.357. The van der Waals surface area contributed by atoms with Crippen molar-refractivity contribution in [1.29, 1.82) is 0 Å². The van der Waals surface area contributed by atoms with Crippen LogP contribution in [0.1, 0.15) is 19.8 Å². The van der Waals surface area contributed by atoms with Gasteiger partial charge in [0.05, 0.1) is 17.8 Å². The molecule has 0 aliphatic rings. The summed E-state index contributed by atoms with van der Waals surface area (Å²) in [6.07, 6.45) is 5.96. The number of rotatable bonds is 6. The molecule has 0 unspecified atom stereocenters. The maximum atomic E-state index is 6.15. The van der Waals surface area contributed by atoms with Crippen LogP contribution >= 0.6 is 11.6 Å². The molecule has 5 heteroatoms. The average molecular weight is 280 g/mol. The number of imidazole rings is 1. The lowest BCUT2D eigenvalue weighted by Gasteiger charge is -2.11. The number of halogens is 1. The van der Waals surface area contributed by atoms with Crippen LogP contribution in [0.25, 0.3) is 5.69 Å². The lowest BCUT2D eigenvalue weighted by molar-refractivity contribution is 0.415. The first kappa shape index (κ1) is 13.7. The average Bonchev–Trinajstić information content (AvgIpc) is 2.87. The Balaban J connectivity index is 2.22. The van der Waals surface area contributed by atoms with Gasteiger partial charge in [-0.2, -0.15) is 0 Å². The van der Waals surface area contributed by atoms with Crippen molar-refractivity contribution < 1.29 is 4.74 Å². The minimum absolute atomic E-state index is 0.591. The number of aromatic nitrogens is 2. The van der Waals surface area contributed by atoms with Crippen LogP contribution in [-0.2, 0) is 0 Å². The van der Waals surface area contributed by atoms with E-state index in [0.717, 1.165) is 31.0 Å². The van der Waals surface area contributed by atoms with Crippen molar-refractivity contribution >= 4 is 17.5 Å². The molecule has 0 spiro atoms. The Labute approximate surface area is 118 Å². The number of nitrogens with one attached hydrogen (secondary N) is 1. The van der Waals surface area contributed by atoms with Crippen molar-refractivity contribution in [3.05, 3.63) is 35.6 Å². The molecule has 1 heterocycles. The zero-order chi connectivity index (χ0) is 13.7. The number of ether oxygens (including phenoxy) is 1. The smallest absolute Gasteiger partial charge is 0.207 e. The molecule has 0 amide bonds. The third kappa shape index (κ3) is 3.20. The van der Waals surface area contributed by atoms with Crippen LogP contribution < -0.4 is 10.1 Å². The van der Waals surface area contributed by atoms with Gasteiger partial charge in [-0.3, -0.25) is 4.57 Å². The van der Waals surface area contributed by atoms with Gasteiger partial charge in [0.25, 0.3) is 0 Å². The van der Waals surface area contributed by atoms with E-state index in [-0.39, 0.29) is 0 Å². The van der Waals surface area contributed by atoms with Gasteiger partial charge in [0, 0.05) is 18.9 Å². The fourth-order valence-corrected chi connectivity index (χ4v) is 2.08. The van der Waals surface area contributed by atoms with Gasteiger partial charge in [0.2, 0.25) is 5.95 Å². The minimum Gasteiger partial charge on any atom is -0.495 e. The number of hydrogen-bond donors (Lipinski definition) is 1. The normalized spacial score (nSPS) is 10.5. The molecule has 0 radical (unpaired) electrons. The van der Waals surface area contributed by atoms with Crippen LogP contribution in [0.3, 0.4) is 0 Å². The summed E-state index contributed by atoms with van der Waals surface area (Å²) in [5.41, 5.74) is 0.960. The molecule has 1 aromatic heterocycles. The molecule has 0 atom stereocenters. The third-order valence-electron chi connectivity index (χ3n) is 2.87. The summed E-state index contributed by atoms with van der Waals surface area (Å²) < 4.78 is 7.13. The summed E-state index contributed by atoms with van der Waals surface area (Å²) in [6.45, 7) is 3.08. The molecule has 0 aliphatic heterocycles. The molecule has 4 nitrogen and oxygen atoms in total. The summed E-state index contributed by atoms with van der Waals surface area (Å²) in [6, 6.07) is 5.68. The highest BCUT2D eigenvalue weighted by atomic mass is 35.5. The summed E-state index contributed by atoms with van der Waals surface area (Å²) >= 11 is 6.15. The number of hydrogen-bond acceptors (Lipinski definition) is 3. The van der Waals surface area contributed by atoms with Crippen LogP contribution in [0.4, 0.5) is 5.95 Å². The number of nitrogens with zero attached hydrogens (tertiary/aromatic N) is 2. The molecule has 2 aromatic rings. The monoisotopic (exact) mass is 279 g/mol. The van der Waals surface area contributed by atoms with Crippen LogP contribution in [0.5, 0.6) is 5.75 Å². The molecular weight excluding hydrogens is 262 g/mol. The zero-order valence-corrected chi connectivity index (χ0v) is 11.9. The summed E-state index contributed by atoms with van der Waals surface area (Å²) in [4.78, 5) is 4.31. The van der Waals surface area contributed by atoms with Crippen molar-refractivity contribution in [3.8, 4) is 11.4 Å². The van der Waals surface area contributed by atoms with E-state index in [1.807, 2.05) is 29.0 Å². The summed E-state index contributed by atoms with van der Waals surface area (Å²) in [5.74, 6) is 1.50. The number of anilines is 1. The third-order valence-corrected chi connectivity index (χ3v) is 3.16. The molecule has 102 valence electrons. The van der Waals surface area contributed by atoms with Gasteiger partial charge >= 0.3 is 0 Å². The van der Waals surface area contributed by atoms with Crippen molar-refractivity contribution in [2.75, 3.05) is 19.0 Å². The van der Waals surface area contributed by atoms with Crippen molar-refractivity contribution in [3.63, 3.8) is 0 Å². The molecule has 2 rings (SSSR count). The first-order valence-corrected chi connectivity index (χ1v) is 6.75. The lowest BCUT2D eigenvalue weighted by atomic mass is 10.3. The summed E-state index contributed by atoms with van der Waals surface area (Å²) in [5, 5.41) is 3.91. The van der Waals surface area contributed by atoms with Gasteiger partial charge in [0.15, 0.2) is 0 Å². The Kier molecular flexibility index (Phi) is 4.68. The summed E-state index contributed by atoms with van der Waals surface area (Å²) in [7, 11) is 1.61. The van der Waals surface area contributed by atoms with E-state index < -0.39 is 0 Å². The van der Waals surface area contributed by atoms with Crippen LogP contribution in [0.2, 0.25) is 5.02 Å². The first-order chi connectivity index (χ1) is 9.26. The second-order valence-electron chi connectivity index (χ2n) is 4.22. The van der Waals surface area contributed by atoms with Gasteiger partial charge in [-0.15, -0.1) is 0 Å². The molecule has 0 saturated carbocycles. The molecule has 1 N–H and O–H groups in total. The van der Waals surface area contributed by atoms with E-state index in [4.69, 9.17) is 16.3 Å². The maximum absolute atomic E-state index is 6.15. The molecule has 19 heavy (non-hydrogen) atoms. The van der Waals surface area contributed by atoms with E-state index in [9.17, 15) is 0 Å². The van der Waals surface area contributed by atoms with Crippen LogP contribution in [-0.4, -0.2) is 23.2 Å². The lowest BCUT2D eigenvalue weighted by Crippen LogP contribution is -2.07. The second kappa shape index (κ2) is 6.48. The minimum atomic E-state index is 0.591. The van der Waals surface area contributed by atoms with Gasteiger partial charge < -0.3 is 10.1 Å². The van der Waals surface area contributed by atoms with Crippen LogP contribution in [0.15, 0.2) is 30.6 Å². The van der Waals surface area contributed by atoms with E-state index in [1.165, 1.54) is 0 Å². The maximum Gasteiger partial charge on any atom is 0.207 e. The standard InChI is InChI=1S/C14H18ClN3O/c1-3-4-7-16-14-17-8-9-18(14)11-5-6-13(19-2)12(15)10-11/h5-6,8-10H,3-4,7H2,1-2H3,(H,16,17). The Morgan fingerprint density at radius 1 is 1.42 bits per heavy atom. The molecule has 0 aliphatic carbocycles. The van der Waals surface area contributed by atoms with Crippen LogP contribution in [0, 0.1) is 0 Å².